The number of benzene rings is 2. The molecule has 0 spiro atoms. The van der Waals surface area contributed by atoms with Crippen molar-refractivity contribution in [2.45, 2.75) is 6.92 Å². The molecule has 3 rings (SSSR count). The molecule has 116 valence electrons. The molecule has 2 N–H and O–H groups in total. The minimum atomic E-state index is -0.389. The van der Waals surface area contributed by atoms with Crippen LogP contribution in [0.1, 0.15) is 26.3 Å². The monoisotopic (exact) mass is 307 g/mol. The Labute approximate surface area is 134 Å². The van der Waals surface area contributed by atoms with E-state index in [0.29, 0.717) is 17.7 Å². The Bertz CT molecular complexity index is 769. The lowest BCUT2D eigenvalue weighted by molar-refractivity contribution is 0.0941. The molecule has 0 fully saturated rings. The second kappa shape index (κ2) is 6.44. The maximum atomic E-state index is 12.5. The van der Waals surface area contributed by atoms with Gasteiger partial charge in [-0.3, -0.25) is 9.59 Å². The molecule has 0 saturated carbocycles. The zero-order chi connectivity index (χ0) is 16.2. The van der Waals surface area contributed by atoms with Crippen molar-refractivity contribution < 1.29 is 9.59 Å². The molecule has 5 heteroatoms. The number of nitrogens with zero attached hydrogens (tertiary/aromatic N) is 1. The first-order valence-corrected chi connectivity index (χ1v) is 7.42. The van der Waals surface area contributed by atoms with Gasteiger partial charge in [-0.05, 0) is 31.2 Å². The fraction of sp³-hybridized carbons (Fsp3) is 0.167. The highest BCUT2D eigenvalue weighted by Gasteiger charge is 2.25. The number of hydrazone groups is 1. The van der Waals surface area contributed by atoms with Crippen molar-refractivity contribution in [3.8, 4) is 0 Å². The molecule has 0 bridgehead atoms. The summed E-state index contributed by atoms with van der Waals surface area (Å²) in [6.07, 6.45) is 1.49. The van der Waals surface area contributed by atoms with Crippen LogP contribution in [0.5, 0.6) is 0 Å². The smallest absolute Gasteiger partial charge is 0.271 e. The number of nitrogens with one attached hydrogen (secondary N) is 2. The van der Waals surface area contributed by atoms with Crippen molar-refractivity contribution in [3.63, 3.8) is 0 Å². The molecule has 0 radical (unpaired) electrons. The molecule has 1 unspecified atom stereocenters. The quantitative estimate of drug-likeness (QED) is 0.676. The maximum Gasteiger partial charge on any atom is 0.271 e. The lowest BCUT2D eigenvalue weighted by Crippen LogP contribution is -2.31. The lowest BCUT2D eigenvalue weighted by atomic mass is 9.92. The van der Waals surface area contributed by atoms with E-state index < -0.39 is 0 Å². The van der Waals surface area contributed by atoms with E-state index in [1.54, 1.807) is 24.3 Å². The minimum absolute atomic E-state index is 0.0140. The van der Waals surface area contributed by atoms with Gasteiger partial charge in [0.15, 0.2) is 5.78 Å². The Balaban J connectivity index is 1.67. The topological polar surface area (TPSA) is 70.6 Å². The number of fused-ring (bicyclic) bond motifs is 1. The standard InChI is InChI=1S/C18H17N3O2/c1-12-7-8-16-15(9-12)17(22)14(10-19-16)11-20-21-18(23)13-5-3-2-4-6-13/h2-9,11,14,19H,10H2,1H3,(H,21,23)/b20-11-. The predicted molar refractivity (Wildman–Crippen MR) is 89.9 cm³/mol. The third kappa shape index (κ3) is 3.29. The predicted octanol–water partition coefficient (Wildman–Crippen LogP) is 2.64. The largest absolute Gasteiger partial charge is 0.383 e. The van der Waals surface area contributed by atoms with E-state index in [1.165, 1.54) is 6.21 Å². The minimum Gasteiger partial charge on any atom is -0.383 e. The number of carbonyl (C=O) groups excluding carboxylic acids is 2. The first-order valence-electron chi connectivity index (χ1n) is 7.42. The van der Waals surface area contributed by atoms with Gasteiger partial charge in [0.05, 0.1) is 5.92 Å². The normalized spacial score (nSPS) is 16.7. The fourth-order valence-corrected chi connectivity index (χ4v) is 2.49. The second-order valence-corrected chi connectivity index (χ2v) is 5.49. The second-order valence-electron chi connectivity index (χ2n) is 5.49. The summed E-state index contributed by atoms with van der Waals surface area (Å²) in [5.74, 6) is -0.671. The molecule has 1 aliphatic rings. The van der Waals surface area contributed by atoms with Gasteiger partial charge in [0.1, 0.15) is 0 Å². The number of rotatable bonds is 3. The first kappa shape index (κ1) is 15.0. The Hall–Kier alpha value is -2.95. The number of amides is 1. The van der Waals surface area contributed by atoms with E-state index in [1.807, 2.05) is 31.2 Å². The summed E-state index contributed by atoms with van der Waals surface area (Å²) in [4.78, 5) is 24.4. The van der Waals surface area contributed by atoms with Gasteiger partial charge in [-0.1, -0.05) is 29.8 Å². The number of hydrogen-bond acceptors (Lipinski definition) is 4. The van der Waals surface area contributed by atoms with E-state index >= 15 is 0 Å². The van der Waals surface area contributed by atoms with Gasteiger partial charge in [0.2, 0.25) is 0 Å². The van der Waals surface area contributed by atoms with E-state index in [2.05, 4.69) is 15.8 Å². The SMILES string of the molecule is Cc1ccc2c(c1)C(=O)C(/C=N\NC(=O)c1ccccc1)CN2. The zero-order valence-electron chi connectivity index (χ0n) is 12.7. The van der Waals surface area contributed by atoms with Crippen molar-refractivity contribution in [1.29, 1.82) is 0 Å². The van der Waals surface area contributed by atoms with Crippen LogP contribution in [0, 0.1) is 12.8 Å². The van der Waals surface area contributed by atoms with Crippen LogP contribution >= 0.6 is 0 Å². The van der Waals surface area contributed by atoms with Crippen LogP contribution < -0.4 is 10.7 Å². The third-order valence-corrected chi connectivity index (χ3v) is 3.75. The van der Waals surface area contributed by atoms with Crippen LogP contribution in [-0.4, -0.2) is 24.4 Å². The van der Waals surface area contributed by atoms with E-state index in [-0.39, 0.29) is 17.6 Å². The van der Waals surface area contributed by atoms with Gasteiger partial charge in [0.25, 0.3) is 5.91 Å². The molecule has 2 aromatic carbocycles. The van der Waals surface area contributed by atoms with Gasteiger partial charge < -0.3 is 5.32 Å². The summed E-state index contributed by atoms with van der Waals surface area (Å²) in [6, 6.07) is 14.6. The number of carbonyl (C=O) groups is 2. The fourth-order valence-electron chi connectivity index (χ4n) is 2.49. The summed E-state index contributed by atoms with van der Waals surface area (Å²) in [7, 11) is 0. The Kier molecular flexibility index (Phi) is 4.19. The van der Waals surface area contributed by atoms with Crippen LogP contribution in [-0.2, 0) is 0 Å². The molecule has 1 atom stereocenters. The van der Waals surface area contributed by atoms with E-state index in [0.717, 1.165) is 11.3 Å². The molecule has 0 aliphatic carbocycles. The van der Waals surface area contributed by atoms with Crippen molar-refractivity contribution in [3.05, 3.63) is 65.2 Å². The van der Waals surface area contributed by atoms with Gasteiger partial charge in [0, 0.05) is 29.6 Å². The van der Waals surface area contributed by atoms with Crippen LogP contribution in [0.3, 0.4) is 0 Å². The van der Waals surface area contributed by atoms with Crippen LogP contribution in [0.15, 0.2) is 53.6 Å². The molecular weight excluding hydrogens is 290 g/mol. The van der Waals surface area contributed by atoms with Crippen molar-refractivity contribution in [1.82, 2.24) is 5.43 Å². The number of anilines is 1. The van der Waals surface area contributed by atoms with Crippen LogP contribution in [0.2, 0.25) is 0 Å². The molecule has 23 heavy (non-hydrogen) atoms. The van der Waals surface area contributed by atoms with Crippen molar-refractivity contribution >= 4 is 23.6 Å². The summed E-state index contributed by atoms with van der Waals surface area (Å²) in [5.41, 5.74) is 5.53. The molecule has 5 nitrogen and oxygen atoms in total. The van der Waals surface area contributed by atoms with Gasteiger partial charge in [-0.25, -0.2) is 5.43 Å². The zero-order valence-corrected chi connectivity index (χ0v) is 12.7. The number of Topliss-reactive ketones (excluding diaryl/α,β-unsaturated/α-hetero) is 1. The van der Waals surface area contributed by atoms with Crippen LogP contribution in [0.25, 0.3) is 0 Å². The number of hydrogen-bond donors (Lipinski definition) is 2. The maximum absolute atomic E-state index is 12.5. The Morgan fingerprint density at radius 3 is 2.83 bits per heavy atom. The molecule has 0 saturated heterocycles. The summed E-state index contributed by atoms with van der Waals surface area (Å²) < 4.78 is 0. The van der Waals surface area contributed by atoms with Gasteiger partial charge in [-0.2, -0.15) is 5.10 Å². The lowest BCUT2D eigenvalue weighted by Gasteiger charge is -2.22. The van der Waals surface area contributed by atoms with Gasteiger partial charge in [-0.15, -0.1) is 0 Å². The Morgan fingerprint density at radius 2 is 2.04 bits per heavy atom. The van der Waals surface area contributed by atoms with E-state index in [4.69, 9.17) is 0 Å². The molecular formula is C18H17N3O2. The highest BCUT2D eigenvalue weighted by molar-refractivity contribution is 6.11. The first-order chi connectivity index (χ1) is 11.1. The summed E-state index contributed by atoms with van der Waals surface area (Å²) in [5, 5.41) is 7.15. The van der Waals surface area contributed by atoms with Gasteiger partial charge >= 0.3 is 0 Å². The average molecular weight is 307 g/mol. The molecule has 1 heterocycles. The number of ketones is 1. The molecule has 2 aromatic rings. The Morgan fingerprint density at radius 1 is 1.26 bits per heavy atom. The van der Waals surface area contributed by atoms with Crippen LogP contribution in [0.4, 0.5) is 5.69 Å². The highest BCUT2D eigenvalue weighted by Crippen LogP contribution is 2.25. The molecule has 1 amide bonds. The summed E-state index contributed by atoms with van der Waals surface area (Å²) >= 11 is 0. The molecule has 1 aliphatic heterocycles. The highest BCUT2D eigenvalue weighted by atomic mass is 16.2. The molecule has 0 aromatic heterocycles. The van der Waals surface area contributed by atoms with Crippen molar-refractivity contribution in [2.24, 2.45) is 11.0 Å². The average Bonchev–Trinajstić information content (AvgIpc) is 2.58. The summed E-state index contributed by atoms with van der Waals surface area (Å²) in [6.45, 7) is 2.42. The van der Waals surface area contributed by atoms with Crippen molar-refractivity contribution in [2.75, 3.05) is 11.9 Å². The number of aryl methyl sites for hydroxylation is 1. The van der Waals surface area contributed by atoms with E-state index in [9.17, 15) is 9.59 Å². The third-order valence-electron chi connectivity index (χ3n) is 3.75.